The number of hydrogen-bond donors (Lipinski definition) is 0. The van der Waals surface area contributed by atoms with Crippen molar-refractivity contribution in [1.82, 2.24) is 9.97 Å². The third-order valence-corrected chi connectivity index (χ3v) is 3.27. The van der Waals surface area contributed by atoms with Crippen LogP contribution >= 0.6 is 11.6 Å². The average Bonchev–Trinajstić information content (AvgIpc) is 2.39. The lowest BCUT2D eigenvalue weighted by Gasteiger charge is -2.12. The van der Waals surface area contributed by atoms with E-state index in [0.29, 0.717) is 23.7 Å². The second kappa shape index (κ2) is 5.97. The molecule has 0 fully saturated rings. The van der Waals surface area contributed by atoms with E-state index in [1.807, 2.05) is 6.92 Å². The molecule has 0 spiro atoms. The van der Waals surface area contributed by atoms with Gasteiger partial charge in [0.2, 0.25) is 0 Å². The van der Waals surface area contributed by atoms with Gasteiger partial charge in [-0.1, -0.05) is 31.0 Å². The number of alkyl halides is 3. The smallest absolute Gasteiger partial charge is 0.236 e. The van der Waals surface area contributed by atoms with Crippen LogP contribution in [0.4, 0.5) is 17.6 Å². The van der Waals surface area contributed by atoms with Gasteiger partial charge in [0, 0.05) is 11.1 Å². The van der Waals surface area contributed by atoms with Crippen LogP contribution in [0.15, 0.2) is 24.5 Å². The molecular formula is C14H11ClF4N2. The molecule has 0 saturated carbocycles. The molecule has 21 heavy (non-hydrogen) atoms. The van der Waals surface area contributed by atoms with Crippen LogP contribution in [0.3, 0.4) is 0 Å². The van der Waals surface area contributed by atoms with E-state index in [1.54, 1.807) is 0 Å². The van der Waals surface area contributed by atoms with Crippen LogP contribution in [0.25, 0.3) is 11.3 Å². The molecule has 0 aliphatic carbocycles. The number of rotatable bonds is 3. The maximum Gasteiger partial charge on any atom is 0.419 e. The van der Waals surface area contributed by atoms with Crippen molar-refractivity contribution >= 4 is 11.6 Å². The van der Waals surface area contributed by atoms with Crippen molar-refractivity contribution in [3.63, 3.8) is 0 Å². The lowest BCUT2D eigenvalue weighted by Crippen LogP contribution is -2.08. The molecule has 0 aliphatic rings. The quantitative estimate of drug-likeness (QED) is 0.593. The molecule has 1 heterocycles. The predicted molar refractivity (Wildman–Crippen MR) is 71.4 cm³/mol. The molecule has 0 bridgehead atoms. The Hall–Kier alpha value is -1.69. The highest BCUT2D eigenvalue weighted by atomic mass is 35.5. The highest BCUT2D eigenvalue weighted by Gasteiger charge is 2.34. The van der Waals surface area contributed by atoms with Crippen LogP contribution < -0.4 is 0 Å². The number of aromatic nitrogens is 2. The molecule has 7 heteroatoms. The van der Waals surface area contributed by atoms with Crippen LogP contribution in [-0.4, -0.2) is 9.97 Å². The standard InChI is InChI=1S/C14H11ClF4N2/c1-2-3-9-12(20-7-21-13(9)15)8-4-5-10(11(16)6-8)14(17,18)19/h4-7H,2-3H2,1H3. The van der Waals surface area contributed by atoms with Gasteiger partial charge in [0.15, 0.2) is 0 Å². The average molecular weight is 319 g/mol. The molecule has 0 unspecified atom stereocenters. The minimum Gasteiger partial charge on any atom is -0.236 e. The number of halogens is 5. The maximum absolute atomic E-state index is 13.7. The summed E-state index contributed by atoms with van der Waals surface area (Å²) in [6, 6.07) is 2.71. The third-order valence-electron chi connectivity index (χ3n) is 2.94. The monoisotopic (exact) mass is 318 g/mol. The Balaban J connectivity index is 2.54. The Labute approximate surface area is 123 Å². The van der Waals surface area contributed by atoms with E-state index < -0.39 is 17.6 Å². The molecule has 112 valence electrons. The summed E-state index contributed by atoms with van der Waals surface area (Å²) in [6.07, 6.45) is -2.22. The van der Waals surface area contributed by atoms with Gasteiger partial charge >= 0.3 is 6.18 Å². The highest BCUT2D eigenvalue weighted by Crippen LogP contribution is 2.34. The molecule has 2 aromatic rings. The Morgan fingerprint density at radius 3 is 2.48 bits per heavy atom. The second-order valence-corrected chi connectivity index (χ2v) is 4.79. The normalized spacial score (nSPS) is 11.7. The van der Waals surface area contributed by atoms with E-state index in [2.05, 4.69) is 9.97 Å². The fourth-order valence-corrected chi connectivity index (χ4v) is 2.23. The van der Waals surface area contributed by atoms with Crippen LogP contribution in [0, 0.1) is 5.82 Å². The van der Waals surface area contributed by atoms with Gasteiger partial charge in [0.05, 0.1) is 11.3 Å². The zero-order valence-corrected chi connectivity index (χ0v) is 11.8. The van der Waals surface area contributed by atoms with Crippen molar-refractivity contribution in [2.75, 3.05) is 0 Å². The fraction of sp³-hybridized carbons (Fsp3) is 0.286. The molecule has 2 nitrogen and oxygen atoms in total. The minimum atomic E-state index is -4.72. The van der Waals surface area contributed by atoms with Crippen molar-refractivity contribution in [3.05, 3.63) is 46.6 Å². The summed E-state index contributed by atoms with van der Waals surface area (Å²) in [4.78, 5) is 7.86. The van der Waals surface area contributed by atoms with E-state index in [1.165, 1.54) is 12.4 Å². The molecule has 0 atom stereocenters. The summed E-state index contributed by atoms with van der Waals surface area (Å²) in [7, 11) is 0. The van der Waals surface area contributed by atoms with E-state index >= 15 is 0 Å². The highest BCUT2D eigenvalue weighted by molar-refractivity contribution is 6.30. The molecule has 1 aromatic carbocycles. The van der Waals surface area contributed by atoms with E-state index in [4.69, 9.17) is 11.6 Å². The maximum atomic E-state index is 13.7. The number of hydrogen-bond acceptors (Lipinski definition) is 2. The number of benzene rings is 1. The van der Waals surface area contributed by atoms with Gasteiger partial charge < -0.3 is 0 Å². The van der Waals surface area contributed by atoms with Crippen molar-refractivity contribution in [2.24, 2.45) is 0 Å². The minimum absolute atomic E-state index is 0.224. The topological polar surface area (TPSA) is 25.8 Å². The van der Waals surface area contributed by atoms with Crippen LogP contribution in [0.5, 0.6) is 0 Å². The molecule has 0 N–H and O–H groups in total. The van der Waals surface area contributed by atoms with Crippen molar-refractivity contribution < 1.29 is 17.6 Å². The fourth-order valence-electron chi connectivity index (χ4n) is 2.00. The first-order valence-corrected chi connectivity index (χ1v) is 6.59. The van der Waals surface area contributed by atoms with E-state index in [9.17, 15) is 17.6 Å². The first kappa shape index (κ1) is 15.7. The lowest BCUT2D eigenvalue weighted by molar-refractivity contribution is -0.139. The number of nitrogens with zero attached hydrogens (tertiary/aromatic N) is 2. The summed E-state index contributed by atoms with van der Waals surface area (Å²) in [5.41, 5.74) is -0.109. The van der Waals surface area contributed by atoms with Gasteiger partial charge in [0.1, 0.15) is 17.3 Å². The second-order valence-electron chi connectivity index (χ2n) is 4.43. The van der Waals surface area contributed by atoms with E-state index in [0.717, 1.165) is 12.5 Å². The van der Waals surface area contributed by atoms with Crippen LogP contribution in [0.2, 0.25) is 5.15 Å². The molecule has 0 saturated heterocycles. The summed E-state index contributed by atoms with van der Waals surface area (Å²) in [5.74, 6) is -1.34. The van der Waals surface area contributed by atoms with E-state index in [-0.39, 0.29) is 10.7 Å². The SMILES string of the molecule is CCCc1c(Cl)ncnc1-c1ccc(C(F)(F)F)c(F)c1. The molecule has 1 aromatic heterocycles. The van der Waals surface area contributed by atoms with Crippen molar-refractivity contribution in [1.29, 1.82) is 0 Å². The van der Waals surface area contributed by atoms with Gasteiger partial charge in [-0.3, -0.25) is 0 Å². The zero-order chi connectivity index (χ0) is 15.6. The van der Waals surface area contributed by atoms with Gasteiger partial charge in [-0.15, -0.1) is 0 Å². The van der Waals surface area contributed by atoms with Gasteiger partial charge in [-0.2, -0.15) is 13.2 Å². The molecule has 0 radical (unpaired) electrons. The van der Waals surface area contributed by atoms with Crippen LogP contribution in [-0.2, 0) is 12.6 Å². The Bertz CT molecular complexity index is 656. The Morgan fingerprint density at radius 2 is 1.90 bits per heavy atom. The first-order chi connectivity index (χ1) is 9.84. The summed E-state index contributed by atoms with van der Waals surface area (Å²) in [6.45, 7) is 1.92. The van der Waals surface area contributed by atoms with Crippen molar-refractivity contribution in [3.8, 4) is 11.3 Å². The summed E-state index contributed by atoms with van der Waals surface area (Å²) < 4.78 is 51.3. The summed E-state index contributed by atoms with van der Waals surface area (Å²) >= 11 is 5.98. The molecule has 0 amide bonds. The zero-order valence-electron chi connectivity index (χ0n) is 11.0. The van der Waals surface area contributed by atoms with Crippen LogP contribution in [0.1, 0.15) is 24.5 Å². The largest absolute Gasteiger partial charge is 0.419 e. The molecule has 2 rings (SSSR count). The lowest BCUT2D eigenvalue weighted by atomic mass is 10.0. The molecule has 0 aliphatic heterocycles. The predicted octanol–water partition coefficient (Wildman–Crippen LogP) is 4.91. The van der Waals surface area contributed by atoms with Gasteiger partial charge in [-0.05, 0) is 18.6 Å². The van der Waals surface area contributed by atoms with Gasteiger partial charge in [-0.25, -0.2) is 14.4 Å². The first-order valence-electron chi connectivity index (χ1n) is 6.21. The Morgan fingerprint density at radius 1 is 1.19 bits per heavy atom. The van der Waals surface area contributed by atoms with Gasteiger partial charge in [0.25, 0.3) is 0 Å². The van der Waals surface area contributed by atoms with Crippen molar-refractivity contribution in [2.45, 2.75) is 25.9 Å². The molecular weight excluding hydrogens is 308 g/mol. The third kappa shape index (κ3) is 3.32. The Kier molecular flexibility index (Phi) is 4.46. The summed E-state index contributed by atoms with van der Waals surface area (Å²) in [5, 5.41) is 0.224.